The van der Waals surface area contributed by atoms with Crippen LogP contribution >= 0.6 is 0 Å². The molecular formula is C29H39N5O8. The number of phenolic OH excluding ortho intramolecular Hbond substituents is 1. The van der Waals surface area contributed by atoms with Gasteiger partial charge in [-0.15, -0.1) is 0 Å². The summed E-state index contributed by atoms with van der Waals surface area (Å²) in [6, 6.07) is 0.500. The van der Waals surface area contributed by atoms with Gasteiger partial charge in [0.05, 0.1) is 23.8 Å². The molecular weight excluding hydrogens is 546 g/mol. The number of fused-ring (bicyclic) bond motifs is 3. The average molecular weight is 586 g/mol. The first-order valence-electron chi connectivity index (χ1n) is 13.9. The Morgan fingerprint density at radius 1 is 1.14 bits per heavy atom. The summed E-state index contributed by atoms with van der Waals surface area (Å²) in [7, 11) is 6.64. The normalized spacial score (nSPS) is 25.3. The van der Waals surface area contributed by atoms with Gasteiger partial charge in [0, 0.05) is 31.3 Å². The number of nitrogens with zero attached hydrogens (tertiary/aromatic N) is 2. The number of primary amides is 1. The van der Waals surface area contributed by atoms with Crippen molar-refractivity contribution in [1.82, 2.24) is 10.2 Å². The fourth-order valence-corrected chi connectivity index (χ4v) is 6.49. The van der Waals surface area contributed by atoms with Gasteiger partial charge in [0.1, 0.15) is 17.1 Å². The summed E-state index contributed by atoms with van der Waals surface area (Å²) >= 11 is 0. The number of allylic oxidation sites excluding steroid dienone is 1. The summed E-state index contributed by atoms with van der Waals surface area (Å²) < 4.78 is 0. The molecule has 13 nitrogen and oxygen atoms in total. The van der Waals surface area contributed by atoms with Crippen molar-refractivity contribution in [3.63, 3.8) is 0 Å². The summed E-state index contributed by atoms with van der Waals surface area (Å²) in [5, 5.41) is 51.0. The Bertz CT molecular complexity index is 1410. The van der Waals surface area contributed by atoms with E-state index in [1.54, 1.807) is 39.2 Å². The van der Waals surface area contributed by atoms with E-state index in [9.17, 15) is 39.6 Å². The van der Waals surface area contributed by atoms with E-state index >= 15 is 0 Å². The molecule has 3 aliphatic carbocycles. The standard InChI is InChI=1S/C29H39N5O8/c1-6-7-8-31-12-18(35)32-16-11-17(33(2)3)14-9-13-10-15-22(34(4)5)25(38)21(28(30)41)27(40)29(15,42)26(39)19(13)24(37)20(14)23(16)36/h11,13,15,22,31,36,38-39,42H,6-10,12H2,1-5H3,(H2,30,41)(H,32,35)/t13?,15?,22-,29?/m0/s1. The number of aromatic hydroxyl groups is 1. The molecule has 3 unspecified atom stereocenters. The molecule has 0 saturated heterocycles. The van der Waals surface area contributed by atoms with Crippen molar-refractivity contribution >= 4 is 34.8 Å². The molecule has 0 saturated carbocycles. The van der Waals surface area contributed by atoms with Crippen molar-refractivity contribution in [2.75, 3.05) is 51.5 Å². The largest absolute Gasteiger partial charge is 0.510 e. The predicted molar refractivity (Wildman–Crippen MR) is 154 cm³/mol. The Morgan fingerprint density at radius 2 is 1.81 bits per heavy atom. The van der Waals surface area contributed by atoms with Crippen LogP contribution in [0.15, 0.2) is 28.7 Å². The van der Waals surface area contributed by atoms with E-state index in [0.29, 0.717) is 17.8 Å². The van der Waals surface area contributed by atoms with Gasteiger partial charge in [0.25, 0.3) is 5.91 Å². The molecule has 2 amide bonds. The third kappa shape index (κ3) is 4.80. The van der Waals surface area contributed by atoms with E-state index in [1.165, 1.54) is 4.90 Å². The highest BCUT2D eigenvalue weighted by Gasteiger charge is 2.63. The monoisotopic (exact) mass is 585 g/mol. The summed E-state index contributed by atoms with van der Waals surface area (Å²) in [6.45, 7) is 2.65. The molecule has 228 valence electrons. The number of amides is 2. The van der Waals surface area contributed by atoms with E-state index in [0.717, 1.165) is 12.8 Å². The van der Waals surface area contributed by atoms with Crippen LogP contribution in [0.4, 0.5) is 11.4 Å². The molecule has 3 aliphatic rings. The third-order valence-electron chi connectivity index (χ3n) is 8.45. The zero-order chi connectivity index (χ0) is 31.3. The molecule has 1 aromatic carbocycles. The number of benzene rings is 1. The summed E-state index contributed by atoms with van der Waals surface area (Å²) in [6.07, 6.45) is 1.97. The summed E-state index contributed by atoms with van der Waals surface area (Å²) in [5.41, 5.74) is 2.37. The van der Waals surface area contributed by atoms with Gasteiger partial charge in [-0.1, -0.05) is 13.3 Å². The topological polar surface area (TPSA) is 206 Å². The lowest BCUT2D eigenvalue weighted by molar-refractivity contribution is -0.148. The van der Waals surface area contributed by atoms with E-state index in [4.69, 9.17) is 5.73 Å². The number of hydrogen-bond donors (Lipinski definition) is 7. The second-order valence-corrected chi connectivity index (χ2v) is 11.6. The van der Waals surface area contributed by atoms with Gasteiger partial charge >= 0.3 is 0 Å². The number of unbranched alkanes of at least 4 members (excludes halogenated alkanes) is 1. The maximum absolute atomic E-state index is 14.1. The average Bonchev–Trinajstić information content (AvgIpc) is 2.89. The lowest BCUT2D eigenvalue weighted by Crippen LogP contribution is -2.63. The Hall–Kier alpha value is -3.94. The fourth-order valence-electron chi connectivity index (χ4n) is 6.49. The Labute approximate surface area is 243 Å². The molecule has 13 heteroatoms. The van der Waals surface area contributed by atoms with E-state index in [2.05, 4.69) is 10.6 Å². The Kier molecular flexibility index (Phi) is 8.40. The molecule has 4 rings (SSSR count). The third-order valence-corrected chi connectivity index (χ3v) is 8.45. The van der Waals surface area contributed by atoms with Crippen LogP contribution in [0.1, 0.15) is 42.1 Å². The maximum atomic E-state index is 14.1. The number of aliphatic hydroxyl groups is 3. The second-order valence-electron chi connectivity index (χ2n) is 11.6. The molecule has 1 aromatic rings. The minimum Gasteiger partial charge on any atom is -0.510 e. The number of hydrogen-bond acceptors (Lipinski definition) is 11. The van der Waals surface area contributed by atoms with Crippen LogP contribution in [0, 0.1) is 11.8 Å². The number of carbonyl (C=O) groups is 4. The number of carbonyl (C=O) groups excluding carboxylic acids is 4. The molecule has 0 spiro atoms. The maximum Gasteiger partial charge on any atom is 0.255 e. The Morgan fingerprint density at radius 3 is 2.38 bits per heavy atom. The van der Waals surface area contributed by atoms with Gasteiger partial charge in [-0.25, -0.2) is 0 Å². The number of likely N-dealkylation sites (N-methyl/N-ethyl adjacent to an activating group) is 1. The van der Waals surface area contributed by atoms with Crippen molar-refractivity contribution in [3.8, 4) is 5.75 Å². The first-order chi connectivity index (χ1) is 19.7. The summed E-state index contributed by atoms with van der Waals surface area (Å²) in [4.78, 5) is 55.5. The molecule has 4 atom stereocenters. The predicted octanol–water partition coefficient (Wildman–Crippen LogP) is 0.515. The fraction of sp³-hybridized carbons (Fsp3) is 0.517. The van der Waals surface area contributed by atoms with Crippen molar-refractivity contribution in [2.45, 2.75) is 44.2 Å². The lowest BCUT2D eigenvalue weighted by atomic mass is 9.58. The minimum atomic E-state index is -2.72. The smallest absolute Gasteiger partial charge is 0.255 e. The van der Waals surface area contributed by atoms with Crippen molar-refractivity contribution in [3.05, 3.63) is 39.9 Å². The van der Waals surface area contributed by atoms with Gasteiger partial charge in [-0.3, -0.25) is 24.1 Å². The molecule has 0 fully saturated rings. The van der Waals surface area contributed by atoms with E-state index < -0.39 is 69.7 Å². The zero-order valence-electron chi connectivity index (χ0n) is 24.4. The van der Waals surface area contributed by atoms with Crippen LogP contribution in [-0.4, -0.2) is 102 Å². The van der Waals surface area contributed by atoms with Crippen LogP contribution in [0.25, 0.3) is 0 Å². The molecule has 0 radical (unpaired) electrons. The van der Waals surface area contributed by atoms with Crippen LogP contribution < -0.4 is 21.3 Å². The molecule has 42 heavy (non-hydrogen) atoms. The molecule has 0 heterocycles. The van der Waals surface area contributed by atoms with Crippen LogP contribution in [0.2, 0.25) is 0 Å². The Balaban J connectivity index is 1.84. The number of Topliss-reactive ketones (excluding diaryl/α,β-unsaturated/α-hetero) is 2. The highest BCUT2D eigenvalue weighted by atomic mass is 16.3. The van der Waals surface area contributed by atoms with Crippen molar-refractivity contribution in [1.29, 1.82) is 0 Å². The number of anilines is 2. The molecule has 8 N–H and O–H groups in total. The van der Waals surface area contributed by atoms with E-state index in [-0.39, 0.29) is 36.2 Å². The van der Waals surface area contributed by atoms with Gasteiger partial charge in [0.2, 0.25) is 11.7 Å². The zero-order valence-corrected chi connectivity index (χ0v) is 24.4. The number of ketones is 2. The van der Waals surface area contributed by atoms with Crippen LogP contribution in [0.3, 0.4) is 0 Å². The number of aliphatic hydroxyl groups excluding tert-OH is 2. The van der Waals surface area contributed by atoms with Gasteiger partial charge < -0.3 is 41.7 Å². The van der Waals surface area contributed by atoms with Crippen molar-refractivity contribution in [2.24, 2.45) is 17.6 Å². The first-order valence-corrected chi connectivity index (χ1v) is 13.9. The number of nitrogens with two attached hydrogens (primary N) is 1. The number of rotatable bonds is 9. The second kappa shape index (κ2) is 11.4. The summed E-state index contributed by atoms with van der Waals surface area (Å²) in [5.74, 6) is -7.72. The number of phenols is 1. The molecule has 0 aromatic heterocycles. The van der Waals surface area contributed by atoms with Gasteiger partial charge in [-0.05, 0) is 57.5 Å². The molecule has 0 bridgehead atoms. The van der Waals surface area contributed by atoms with Crippen LogP contribution in [0.5, 0.6) is 5.75 Å². The lowest BCUT2D eigenvalue weighted by Gasteiger charge is -2.50. The quantitative estimate of drug-likeness (QED) is 0.121. The highest BCUT2D eigenvalue weighted by molar-refractivity contribution is 6.25. The first kappa shape index (κ1) is 31.0. The van der Waals surface area contributed by atoms with Crippen LogP contribution in [-0.2, 0) is 20.8 Å². The van der Waals surface area contributed by atoms with E-state index in [1.807, 2.05) is 6.92 Å². The number of nitrogens with one attached hydrogen (secondary N) is 2. The highest BCUT2D eigenvalue weighted by Crippen LogP contribution is 2.53. The van der Waals surface area contributed by atoms with Gasteiger partial charge in [0.15, 0.2) is 17.1 Å². The molecule has 0 aliphatic heterocycles. The SMILES string of the molecule is CCCCNCC(=O)Nc1cc(N(C)C)c2c(c1O)C(=O)C1=C(O)C3(O)C(=O)C(C(N)=O)=C(O)[C@@H](N(C)C)C3CC1C2. The minimum absolute atomic E-state index is 0.00989. The van der Waals surface area contributed by atoms with Crippen molar-refractivity contribution < 1.29 is 39.6 Å². The van der Waals surface area contributed by atoms with Gasteiger partial charge in [-0.2, -0.15) is 0 Å².